The molecule has 9 aromatic carbocycles. The number of hydrogen-bond acceptors (Lipinski definition) is 1. The second-order valence-electron chi connectivity index (χ2n) is 14.7. The SMILES string of the molecule is C/C=C\C=C/c1cc(-c2ccc3cc(-c4ccc5c(c4)c4ccccc4c4nc6ccccc6n54)ccc3c2)c2ccccc2c1-c1ccc2ccccc2c1. The van der Waals surface area contributed by atoms with E-state index in [1.54, 1.807) is 0 Å². The van der Waals surface area contributed by atoms with Crippen molar-refractivity contribution in [3.8, 4) is 33.4 Å². The topological polar surface area (TPSA) is 17.3 Å². The normalized spacial score (nSPS) is 12.2. The van der Waals surface area contributed by atoms with E-state index in [1.807, 2.05) is 0 Å². The fraction of sp³-hybridized carbons (Fsp3) is 0.0185. The van der Waals surface area contributed by atoms with Crippen molar-refractivity contribution in [3.05, 3.63) is 200 Å². The summed E-state index contributed by atoms with van der Waals surface area (Å²) in [4.78, 5) is 5.06. The molecule has 2 heterocycles. The van der Waals surface area contributed by atoms with Crippen LogP contribution in [0.25, 0.3) is 110 Å². The van der Waals surface area contributed by atoms with E-state index in [2.05, 4.69) is 212 Å². The van der Waals surface area contributed by atoms with Crippen molar-refractivity contribution >= 4 is 76.7 Å². The third-order valence-corrected chi connectivity index (χ3v) is 11.4. The minimum atomic E-state index is 1.00. The van der Waals surface area contributed by atoms with Crippen molar-refractivity contribution in [1.82, 2.24) is 9.38 Å². The monoisotopic (exact) mass is 712 g/mol. The van der Waals surface area contributed by atoms with Gasteiger partial charge in [-0.15, -0.1) is 0 Å². The average molecular weight is 713 g/mol. The molecule has 262 valence electrons. The zero-order valence-corrected chi connectivity index (χ0v) is 30.9. The van der Waals surface area contributed by atoms with Gasteiger partial charge in [-0.2, -0.15) is 0 Å². The number of allylic oxidation sites excluding steroid dienone is 3. The van der Waals surface area contributed by atoms with E-state index in [4.69, 9.17) is 4.98 Å². The van der Waals surface area contributed by atoms with Gasteiger partial charge in [0, 0.05) is 10.8 Å². The highest BCUT2D eigenvalue weighted by atomic mass is 15.0. The van der Waals surface area contributed by atoms with E-state index in [-0.39, 0.29) is 0 Å². The van der Waals surface area contributed by atoms with E-state index in [9.17, 15) is 0 Å². The van der Waals surface area contributed by atoms with Gasteiger partial charge in [-0.05, 0) is 132 Å². The summed E-state index contributed by atoms with van der Waals surface area (Å²) in [5, 5.41) is 11.0. The summed E-state index contributed by atoms with van der Waals surface area (Å²) < 4.78 is 2.32. The smallest absolute Gasteiger partial charge is 0.146 e. The van der Waals surface area contributed by atoms with Gasteiger partial charge in [0.15, 0.2) is 0 Å². The molecule has 2 heteroatoms. The highest BCUT2D eigenvalue weighted by Crippen LogP contribution is 2.41. The predicted octanol–water partition coefficient (Wildman–Crippen LogP) is 14.8. The minimum Gasteiger partial charge on any atom is -0.292 e. The second-order valence-corrected chi connectivity index (χ2v) is 14.7. The first-order chi connectivity index (χ1) is 27.7. The van der Waals surface area contributed by atoms with E-state index in [0.29, 0.717) is 0 Å². The van der Waals surface area contributed by atoms with Crippen molar-refractivity contribution < 1.29 is 0 Å². The van der Waals surface area contributed by atoms with Crippen LogP contribution in [-0.4, -0.2) is 9.38 Å². The van der Waals surface area contributed by atoms with Crippen molar-refractivity contribution in [1.29, 1.82) is 0 Å². The van der Waals surface area contributed by atoms with Crippen LogP contribution in [0.1, 0.15) is 12.5 Å². The first kappa shape index (κ1) is 32.2. The predicted molar refractivity (Wildman–Crippen MR) is 240 cm³/mol. The summed E-state index contributed by atoms with van der Waals surface area (Å²) in [6, 6.07) is 64.4. The molecule has 0 saturated heterocycles. The Morgan fingerprint density at radius 2 is 1.04 bits per heavy atom. The molecule has 0 radical (unpaired) electrons. The number of benzene rings is 9. The third kappa shape index (κ3) is 5.15. The molecule has 2 aromatic heterocycles. The molecule has 0 atom stereocenters. The first-order valence-electron chi connectivity index (χ1n) is 19.3. The molecule has 0 unspecified atom stereocenters. The third-order valence-electron chi connectivity index (χ3n) is 11.4. The van der Waals surface area contributed by atoms with E-state index >= 15 is 0 Å². The fourth-order valence-electron chi connectivity index (χ4n) is 8.79. The summed E-state index contributed by atoms with van der Waals surface area (Å²) in [5.41, 5.74) is 12.8. The lowest BCUT2D eigenvalue weighted by Gasteiger charge is -2.17. The minimum absolute atomic E-state index is 1.00. The largest absolute Gasteiger partial charge is 0.292 e. The van der Waals surface area contributed by atoms with Gasteiger partial charge in [-0.25, -0.2) is 4.98 Å². The maximum absolute atomic E-state index is 5.06. The number of para-hydroxylation sites is 2. The van der Waals surface area contributed by atoms with Gasteiger partial charge < -0.3 is 0 Å². The Hall–Kier alpha value is -7.29. The number of rotatable bonds is 5. The van der Waals surface area contributed by atoms with Gasteiger partial charge in [0.05, 0.1) is 16.6 Å². The molecule has 0 fully saturated rings. The van der Waals surface area contributed by atoms with Crippen LogP contribution in [0, 0.1) is 0 Å². The van der Waals surface area contributed by atoms with Crippen LogP contribution in [0.2, 0.25) is 0 Å². The summed E-state index contributed by atoms with van der Waals surface area (Å²) in [6.45, 7) is 2.06. The molecule has 56 heavy (non-hydrogen) atoms. The summed E-state index contributed by atoms with van der Waals surface area (Å²) in [7, 11) is 0. The average Bonchev–Trinajstić information content (AvgIpc) is 3.66. The quantitative estimate of drug-likeness (QED) is 0.128. The van der Waals surface area contributed by atoms with Crippen LogP contribution in [0.15, 0.2) is 194 Å². The summed E-state index contributed by atoms with van der Waals surface area (Å²) in [6.07, 6.45) is 8.58. The van der Waals surface area contributed by atoms with Gasteiger partial charge in [-0.1, -0.05) is 152 Å². The summed E-state index contributed by atoms with van der Waals surface area (Å²) >= 11 is 0. The molecule has 0 aliphatic carbocycles. The van der Waals surface area contributed by atoms with Gasteiger partial charge in [0.1, 0.15) is 5.65 Å². The number of fused-ring (bicyclic) bond motifs is 11. The number of nitrogens with zero attached hydrogens (tertiary/aromatic N) is 2. The molecule has 0 spiro atoms. The van der Waals surface area contributed by atoms with Crippen LogP contribution >= 0.6 is 0 Å². The second kappa shape index (κ2) is 12.9. The van der Waals surface area contributed by atoms with E-state index < -0.39 is 0 Å². The van der Waals surface area contributed by atoms with E-state index in [1.165, 1.54) is 87.6 Å². The summed E-state index contributed by atoms with van der Waals surface area (Å²) in [5.74, 6) is 0. The lowest BCUT2D eigenvalue weighted by Crippen LogP contribution is -1.92. The van der Waals surface area contributed by atoms with Crippen LogP contribution in [0.5, 0.6) is 0 Å². The molecular formula is C54H36N2. The molecule has 2 nitrogen and oxygen atoms in total. The molecule has 11 rings (SSSR count). The Kier molecular flexibility index (Phi) is 7.43. The Morgan fingerprint density at radius 1 is 0.429 bits per heavy atom. The highest BCUT2D eigenvalue weighted by molar-refractivity contribution is 6.15. The van der Waals surface area contributed by atoms with Crippen LogP contribution in [0.3, 0.4) is 0 Å². The Balaban J connectivity index is 1.04. The number of aromatic nitrogens is 2. The molecule has 11 aromatic rings. The Morgan fingerprint density at radius 3 is 1.89 bits per heavy atom. The van der Waals surface area contributed by atoms with Crippen molar-refractivity contribution in [2.75, 3.05) is 0 Å². The maximum atomic E-state index is 5.06. The molecule has 0 aliphatic heterocycles. The fourth-order valence-corrected chi connectivity index (χ4v) is 8.79. The lowest BCUT2D eigenvalue weighted by atomic mass is 9.87. The van der Waals surface area contributed by atoms with Crippen LogP contribution in [0.4, 0.5) is 0 Å². The van der Waals surface area contributed by atoms with Gasteiger partial charge in [0.2, 0.25) is 0 Å². The van der Waals surface area contributed by atoms with Crippen molar-refractivity contribution in [3.63, 3.8) is 0 Å². The molecule has 0 bridgehead atoms. The Bertz CT molecular complexity index is 3430. The van der Waals surface area contributed by atoms with Gasteiger partial charge in [0.25, 0.3) is 0 Å². The van der Waals surface area contributed by atoms with Crippen molar-refractivity contribution in [2.24, 2.45) is 0 Å². The number of pyridine rings is 1. The standard InChI is InChI=1S/C54H36N2/c1-2-3-4-15-42-34-48(44-16-7-9-18-46(44)53(42)43-27-22-35-13-5-6-14-36(35)32-43)41-26-25-37-30-38(23-24-39(37)31-41)40-28-29-51-49(33-40)45-17-8-10-19-47(45)54-55-50-20-11-12-21-52(50)56(51)54/h2-34H,1H3/b3-2-,15-4-. The molecule has 0 saturated carbocycles. The van der Waals surface area contributed by atoms with E-state index in [0.717, 1.165) is 22.1 Å². The molecule has 0 amide bonds. The number of imidazole rings is 1. The maximum Gasteiger partial charge on any atom is 0.146 e. The van der Waals surface area contributed by atoms with Crippen LogP contribution < -0.4 is 0 Å². The van der Waals surface area contributed by atoms with Gasteiger partial charge in [-0.3, -0.25) is 4.40 Å². The zero-order valence-electron chi connectivity index (χ0n) is 30.9. The Labute approximate surface area is 324 Å². The van der Waals surface area contributed by atoms with Crippen LogP contribution in [-0.2, 0) is 0 Å². The molecule has 0 aliphatic rings. The molecule has 0 N–H and O–H groups in total. The van der Waals surface area contributed by atoms with Gasteiger partial charge >= 0.3 is 0 Å². The lowest BCUT2D eigenvalue weighted by molar-refractivity contribution is 1.31. The number of hydrogen-bond donors (Lipinski definition) is 0. The zero-order chi connectivity index (χ0) is 37.2. The first-order valence-corrected chi connectivity index (χ1v) is 19.3. The highest BCUT2D eigenvalue weighted by Gasteiger charge is 2.17. The van der Waals surface area contributed by atoms with Crippen molar-refractivity contribution in [2.45, 2.75) is 6.92 Å². The molecular weight excluding hydrogens is 677 g/mol.